The second-order valence-corrected chi connectivity index (χ2v) is 17.7. The van der Waals surface area contributed by atoms with Crippen LogP contribution in [0.15, 0.2) is 113 Å². The summed E-state index contributed by atoms with van der Waals surface area (Å²) in [5.74, 6) is 7.68. The van der Waals surface area contributed by atoms with Crippen LogP contribution in [0.1, 0.15) is 62.5 Å². The lowest BCUT2D eigenvalue weighted by atomic mass is 10.1. The van der Waals surface area contributed by atoms with Crippen molar-refractivity contribution in [3.8, 4) is 23.7 Å². The zero-order valence-corrected chi connectivity index (χ0v) is 43.7. The van der Waals surface area contributed by atoms with Gasteiger partial charge >= 0.3 is 0 Å². The van der Waals surface area contributed by atoms with Crippen LogP contribution in [0.3, 0.4) is 0 Å². The Morgan fingerprint density at radius 1 is 0.671 bits per heavy atom. The van der Waals surface area contributed by atoms with E-state index in [2.05, 4.69) is 78.3 Å². The maximum atomic E-state index is 13.7. The SMILES string of the molecule is CCN(CC)c1ncnc2ccc(C#CCNC(=O)c3c(C)n(CCO)n(Cc4ccc(F)c(F)c4)c3=O)cc12.CN(C)C(=O)CNc1ncnc2ccc(C#CCNC(=O)c3cccn(Cc4ccc(F)c(F)c4)c3=O)cc12. The average Bonchev–Trinajstić information content (AvgIpc) is 3.73. The van der Waals surface area contributed by atoms with E-state index < -0.39 is 46.2 Å². The van der Waals surface area contributed by atoms with Gasteiger partial charge in [0.1, 0.15) is 35.4 Å². The minimum absolute atomic E-state index is 0.0156. The van der Waals surface area contributed by atoms with E-state index in [-0.39, 0.29) is 62.9 Å². The van der Waals surface area contributed by atoms with Gasteiger partial charge in [0.2, 0.25) is 5.91 Å². The van der Waals surface area contributed by atoms with E-state index in [1.807, 2.05) is 18.2 Å². The smallest absolute Gasteiger partial charge is 0.280 e. The molecule has 0 aliphatic rings. The van der Waals surface area contributed by atoms with Gasteiger partial charge in [0, 0.05) is 55.3 Å². The zero-order valence-electron chi connectivity index (χ0n) is 43.7. The fourth-order valence-corrected chi connectivity index (χ4v) is 8.20. The summed E-state index contributed by atoms with van der Waals surface area (Å²) in [6.07, 6.45) is 4.41. The predicted molar refractivity (Wildman–Crippen MR) is 290 cm³/mol. The normalized spacial score (nSPS) is 10.7. The maximum Gasteiger partial charge on any atom is 0.280 e. The van der Waals surface area contributed by atoms with Crippen LogP contribution < -0.4 is 32.0 Å². The first-order valence-electron chi connectivity index (χ1n) is 24.7. The predicted octanol–water partition coefficient (Wildman–Crippen LogP) is 5.25. The van der Waals surface area contributed by atoms with Crippen molar-refractivity contribution in [2.45, 2.75) is 40.4 Å². The van der Waals surface area contributed by atoms with Crippen LogP contribution in [0.25, 0.3) is 21.8 Å². The number of nitrogens with one attached hydrogen (secondary N) is 3. The molecule has 406 valence electrons. The topological polar surface area (TPSA) is 214 Å². The third-order valence-corrected chi connectivity index (χ3v) is 12.3. The molecule has 4 aromatic carbocycles. The quantitative estimate of drug-likeness (QED) is 0.0722. The lowest BCUT2D eigenvalue weighted by Gasteiger charge is -2.21. The number of aliphatic hydroxyl groups excluding tert-OH is 1. The van der Waals surface area contributed by atoms with Gasteiger partial charge in [0.15, 0.2) is 23.3 Å². The van der Waals surface area contributed by atoms with Crippen LogP contribution in [0.4, 0.5) is 29.2 Å². The molecule has 0 radical (unpaired) electrons. The Hall–Kier alpha value is -9.67. The van der Waals surface area contributed by atoms with Crippen LogP contribution >= 0.6 is 0 Å². The number of halogens is 4. The highest BCUT2D eigenvalue weighted by Gasteiger charge is 2.23. The van der Waals surface area contributed by atoms with Crippen LogP contribution in [0.5, 0.6) is 0 Å². The number of carbonyl (C=O) groups excluding carboxylic acids is 3. The van der Waals surface area contributed by atoms with Crippen LogP contribution in [0.2, 0.25) is 0 Å². The molecule has 8 rings (SSSR count). The minimum atomic E-state index is -1.04. The highest BCUT2D eigenvalue weighted by atomic mass is 19.2. The fourth-order valence-electron chi connectivity index (χ4n) is 8.20. The van der Waals surface area contributed by atoms with Gasteiger partial charge in [-0.05, 0) is 105 Å². The molecule has 79 heavy (non-hydrogen) atoms. The molecule has 0 bridgehead atoms. The standard InChI is InChI=1S/C29H30F2N6O3.C28H24F2N6O3/c1-4-35(5-2)27-22-15-20(9-11-25(22)33-18-34-27)7-6-12-32-28(39)26-19(3)36(13-14-38)37(29(26)40)17-21-8-10-23(30)24(31)16-21;1-35(2)25(37)15-32-26-21-13-18(8-10-24(21)33-17-34-26)5-3-11-31-27(38)20-6-4-12-36(28(20)39)16-19-7-9-22(29)23(30)14-19/h8-11,15-16,18,38H,4-5,12-14,17H2,1-3H3,(H,32,39);4,6-10,12-14,17H,11,15-16H2,1-2H3,(H,31,38)(H,32,33,34). The Bertz CT molecular complexity index is 3830. The van der Waals surface area contributed by atoms with E-state index in [0.29, 0.717) is 39.1 Å². The number of hydrogen-bond acceptors (Lipinski definition) is 12. The number of hydrogen-bond donors (Lipinski definition) is 4. The summed E-state index contributed by atoms with van der Waals surface area (Å²) in [5.41, 5.74) is 2.50. The van der Waals surface area contributed by atoms with E-state index in [0.717, 1.165) is 59.6 Å². The molecule has 0 saturated heterocycles. The highest BCUT2D eigenvalue weighted by molar-refractivity contribution is 5.96. The molecule has 4 N–H and O–H groups in total. The molecule has 22 heteroatoms. The molecule has 3 amide bonds. The summed E-state index contributed by atoms with van der Waals surface area (Å²) in [4.78, 5) is 84.3. The van der Waals surface area contributed by atoms with Crippen LogP contribution in [0, 0.1) is 53.9 Å². The Balaban J connectivity index is 0.000000229. The molecule has 4 heterocycles. The first kappa shape index (κ1) is 57.0. The van der Waals surface area contributed by atoms with Crippen LogP contribution in [-0.4, -0.2) is 115 Å². The molecule has 0 atom stereocenters. The van der Waals surface area contributed by atoms with Crippen molar-refractivity contribution >= 4 is 51.2 Å². The molecule has 0 unspecified atom stereocenters. The zero-order chi connectivity index (χ0) is 56.8. The number of aliphatic hydroxyl groups is 1. The van der Waals surface area contributed by atoms with Crippen molar-refractivity contribution < 1.29 is 37.1 Å². The van der Waals surface area contributed by atoms with Crippen molar-refractivity contribution in [3.63, 3.8) is 0 Å². The summed E-state index contributed by atoms with van der Waals surface area (Å²) in [6.45, 7) is 6.95. The van der Waals surface area contributed by atoms with Crippen molar-refractivity contribution in [2.24, 2.45) is 0 Å². The number of rotatable bonds is 16. The van der Waals surface area contributed by atoms with Crippen molar-refractivity contribution in [1.29, 1.82) is 0 Å². The van der Waals surface area contributed by atoms with Gasteiger partial charge in [-0.15, -0.1) is 0 Å². The minimum Gasteiger partial charge on any atom is -0.394 e. The van der Waals surface area contributed by atoms with E-state index in [9.17, 15) is 46.6 Å². The fraction of sp³-hybridized carbons (Fsp3) is 0.246. The molecular weight excluding hydrogens is 1020 g/mol. The molecule has 18 nitrogen and oxygen atoms in total. The highest BCUT2D eigenvalue weighted by Crippen LogP contribution is 2.24. The number of fused-ring (bicyclic) bond motifs is 2. The van der Waals surface area contributed by atoms with Gasteiger partial charge in [0.05, 0.1) is 62.6 Å². The molecule has 4 aromatic heterocycles. The molecule has 0 fully saturated rings. The van der Waals surface area contributed by atoms with Crippen molar-refractivity contribution in [2.75, 3.05) is 63.6 Å². The van der Waals surface area contributed by atoms with E-state index in [1.54, 1.807) is 45.5 Å². The molecule has 0 aliphatic carbocycles. The van der Waals surface area contributed by atoms with Gasteiger partial charge in [-0.2, -0.15) is 0 Å². The third kappa shape index (κ3) is 14.0. The number of likely N-dealkylation sites (N-methyl/N-ethyl adjacent to an activating group) is 1. The van der Waals surface area contributed by atoms with Gasteiger partial charge < -0.3 is 35.4 Å². The van der Waals surface area contributed by atoms with E-state index in [4.69, 9.17) is 0 Å². The summed E-state index contributed by atoms with van der Waals surface area (Å²) < 4.78 is 57.7. The number of nitrogens with zero attached hydrogens (tertiary/aromatic N) is 9. The largest absolute Gasteiger partial charge is 0.394 e. The number of pyridine rings is 1. The first-order valence-corrected chi connectivity index (χ1v) is 24.7. The van der Waals surface area contributed by atoms with Gasteiger partial charge in [-0.1, -0.05) is 35.8 Å². The summed E-state index contributed by atoms with van der Waals surface area (Å²) in [7, 11) is 3.33. The molecule has 0 aliphatic heterocycles. The lowest BCUT2D eigenvalue weighted by Crippen LogP contribution is -2.33. The average molecular weight is 1080 g/mol. The Morgan fingerprint density at radius 2 is 1.25 bits per heavy atom. The molecule has 8 aromatic rings. The molecule has 0 saturated carbocycles. The van der Waals surface area contributed by atoms with Crippen molar-refractivity contribution in [3.05, 3.63) is 187 Å². The van der Waals surface area contributed by atoms with E-state index >= 15 is 0 Å². The van der Waals surface area contributed by atoms with Gasteiger partial charge in [-0.25, -0.2) is 42.2 Å². The van der Waals surface area contributed by atoms with Crippen LogP contribution in [-0.2, 0) is 24.4 Å². The second kappa shape index (κ2) is 26.4. The summed E-state index contributed by atoms with van der Waals surface area (Å²) in [5, 5.41) is 19.3. The number of aromatic nitrogens is 7. The summed E-state index contributed by atoms with van der Waals surface area (Å²) >= 11 is 0. The van der Waals surface area contributed by atoms with Gasteiger partial charge in [-0.3, -0.25) is 28.7 Å². The lowest BCUT2D eigenvalue weighted by molar-refractivity contribution is -0.126. The number of benzene rings is 4. The Morgan fingerprint density at radius 3 is 1.85 bits per heavy atom. The molecular formula is C57H54F4N12O6. The third-order valence-electron chi connectivity index (χ3n) is 12.3. The maximum absolute atomic E-state index is 13.7. The number of carbonyl (C=O) groups is 3. The van der Waals surface area contributed by atoms with Crippen molar-refractivity contribution in [1.82, 2.24) is 49.4 Å². The monoisotopic (exact) mass is 1080 g/mol. The van der Waals surface area contributed by atoms with E-state index in [1.165, 1.54) is 55.6 Å². The second-order valence-electron chi connectivity index (χ2n) is 17.7. The number of amides is 3. The Labute approximate surface area is 450 Å². The van der Waals surface area contributed by atoms with Gasteiger partial charge in [0.25, 0.3) is 22.9 Å². The number of anilines is 2. The first-order chi connectivity index (χ1) is 38.0. The Kier molecular flexibility index (Phi) is 19.1. The summed E-state index contributed by atoms with van der Waals surface area (Å²) in [6, 6.07) is 20.5. The molecule has 0 spiro atoms.